The molecule has 0 N–H and O–H groups in total. The van der Waals surface area contributed by atoms with Gasteiger partial charge in [-0.05, 0) is 86.1 Å². The van der Waals surface area contributed by atoms with Crippen molar-refractivity contribution in [3.8, 4) is 5.75 Å². The molecule has 1 amide bonds. The van der Waals surface area contributed by atoms with Gasteiger partial charge in [0, 0.05) is 26.4 Å². The third kappa shape index (κ3) is 5.53. The van der Waals surface area contributed by atoms with E-state index in [2.05, 4.69) is 12.1 Å². The Morgan fingerprint density at radius 1 is 1.03 bits per heavy atom. The molecule has 1 aliphatic heterocycles. The Hall–Kier alpha value is -1.28. The second-order valence-electron chi connectivity index (χ2n) is 11.1. The number of carbonyl (C=O) groups excluding carboxylic acids is 1. The van der Waals surface area contributed by atoms with E-state index in [0.717, 1.165) is 41.6 Å². The van der Waals surface area contributed by atoms with E-state index in [0.29, 0.717) is 17.9 Å². The first-order chi connectivity index (χ1) is 17.1. The van der Waals surface area contributed by atoms with E-state index in [-0.39, 0.29) is 25.5 Å². The van der Waals surface area contributed by atoms with E-state index in [1.165, 1.54) is 44.9 Å². The molecule has 0 bridgehead atoms. The number of benzene rings is 1. The lowest BCUT2D eigenvalue weighted by molar-refractivity contribution is -0.229. The van der Waals surface area contributed by atoms with Gasteiger partial charge in [-0.15, -0.1) is 0 Å². The Kier molecular flexibility index (Phi) is 7.97. The van der Waals surface area contributed by atoms with Gasteiger partial charge < -0.3 is 23.8 Å². The van der Waals surface area contributed by atoms with Crippen LogP contribution >= 0.6 is 11.8 Å². The molecule has 6 nitrogen and oxygen atoms in total. The van der Waals surface area contributed by atoms with Crippen molar-refractivity contribution >= 4 is 17.7 Å². The molecule has 35 heavy (non-hydrogen) atoms. The SMILES string of the molecule is COCO[C@@]1(Cc2cccc(OC3CCC4(CC3)CC4)c2)C(=O)N(COC)[C@H]1CSCC1CCC1. The van der Waals surface area contributed by atoms with Crippen molar-refractivity contribution in [2.75, 3.05) is 39.2 Å². The molecule has 1 spiro atoms. The first kappa shape index (κ1) is 25.4. The molecule has 0 aromatic heterocycles. The molecule has 5 rings (SSSR count). The van der Waals surface area contributed by atoms with Gasteiger partial charge in [-0.3, -0.25) is 4.79 Å². The van der Waals surface area contributed by atoms with E-state index >= 15 is 0 Å². The number of likely N-dealkylation sites (tertiary alicyclic amines) is 1. The third-order valence-electron chi connectivity index (χ3n) is 8.71. The number of thioether (sulfide) groups is 1. The van der Waals surface area contributed by atoms with Crippen LogP contribution in [0.4, 0.5) is 0 Å². The highest BCUT2D eigenvalue weighted by atomic mass is 32.2. The molecule has 0 unspecified atom stereocenters. The number of methoxy groups -OCH3 is 2. The smallest absolute Gasteiger partial charge is 0.259 e. The van der Waals surface area contributed by atoms with Gasteiger partial charge in [0.1, 0.15) is 19.3 Å². The minimum Gasteiger partial charge on any atom is -0.490 e. The molecule has 7 heteroatoms. The second-order valence-corrected chi connectivity index (χ2v) is 12.2. The molecule has 1 saturated heterocycles. The number of carbonyl (C=O) groups is 1. The van der Waals surface area contributed by atoms with Gasteiger partial charge in [-0.1, -0.05) is 18.6 Å². The predicted octanol–water partition coefficient (Wildman–Crippen LogP) is 5.04. The van der Waals surface area contributed by atoms with E-state index in [1.807, 2.05) is 28.8 Å². The fourth-order valence-electron chi connectivity index (χ4n) is 6.02. The van der Waals surface area contributed by atoms with Crippen LogP contribution < -0.4 is 4.74 Å². The fourth-order valence-corrected chi connectivity index (χ4v) is 7.50. The minimum atomic E-state index is -0.928. The number of hydrogen-bond donors (Lipinski definition) is 0. The van der Waals surface area contributed by atoms with Gasteiger partial charge >= 0.3 is 0 Å². The Bertz CT molecular complexity index is 863. The summed E-state index contributed by atoms with van der Waals surface area (Å²) in [6, 6.07) is 8.21. The number of nitrogens with zero attached hydrogens (tertiary/aromatic N) is 1. The summed E-state index contributed by atoms with van der Waals surface area (Å²) in [4.78, 5) is 15.3. The molecule has 3 saturated carbocycles. The minimum absolute atomic E-state index is 0.0148. The molecule has 1 heterocycles. The van der Waals surface area contributed by atoms with Crippen LogP contribution in [-0.4, -0.2) is 67.8 Å². The average molecular weight is 504 g/mol. The zero-order chi connectivity index (χ0) is 24.3. The molecule has 0 radical (unpaired) electrons. The van der Waals surface area contributed by atoms with Gasteiger partial charge in [0.15, 0.2) is 5.60 Å². The fraction of sp³-hybridized carbons (Fsp3) is 0.750. The van der Waals surface area contributed by atoms with Crippen LogP contribution in [0.1, 0.15) is 63.4 Å². The molecule has 1 aromatic carbocycles. The third-order valence-corrected chi connectivity index (χ3v) is 9.97. The van der Waals surface area contributed by atoms with Crippen LogP contribution in [-0.2, 0) is 25.4 Å². The molecular formula is C28H41NO5S. The van der Waals surface area contributed by atoms with Crippen molar-refractivity contribution < 1.29 is 23.7 Å². The van der Waals surface area contributed by atoms with E-state index in [1.54, 1.807) is 14.2 Å². The Morgan fingerprint density at radius 2 is 1.83 bits per heavy atom. The summed E-state index contributed by atoms with van der Waals surface area (Å²) in [7, 11) is 3.24. The van der Waals surface area contributed by atoms with Crippen LogP contribution in [0.5, 0.6) is 5.75 Å². The number of amides is 1. The van der Waals surface area contributed by atoms with Crippen LogP contribution in [0.3, 0.4) is 0 Å². The van der Waals surface area contributed by atoms with Gasteiger partial charge in [0.05, 0.1) is 12.1 Å². The van der Waals surface area contributed by atoms with Crippen molar-refractivity contribution in [3.05, 3.63) is 29.8 Å². The lowest BCUT2D eigenvalue weighted by atomic mass is 9.78. The van der Waals surface area contributed by atoms with E-state index in [4.69, 9.17) is 18.9 Å². The Morgan fingerprint density at radius 3 is 2.49 bits per heavy atom. The number of β-lactam (4-membered cyclic amide) rings is 1. The number of rotatable bonds is 13. The highest BCUT2D eigenvalue weighted by Crippen LogP contribution is 2.56. The summed E-state index contributed by atoms with van der Waals surface area (Å²) in [6.07, 6.45) is 12.5. The lowest BCUT2D eigenvalue weighted by Crippen LogP contribution is -2.77. The molecule has 2 atom stereocenters. The number of hydrogen-bond acceptors (Lipinski definition) is 6. The molecule has 4 aliphatic rings. The van der Waals surface area contributed by atoms with Gasteiger partial charge in [-0.2, -0.15) is 11.8 Å². The molecular weight excluding hydrogens is 462 g/mol. The zero-order valence-electron chi connectivity index (χ0n) is 21.3. The van der Waals surface area contributed by atoms with Crippen molar-refractivity contribution in [1.82, 2.24) is 4.90 Å². The average Bonchev–Trinajstić information content (AvgIpc) is 3.60. The summed E-state index contributed by atoms with van der Waals surface area (Å²) in [5.74, 6) is 3.70. The van der Waals surface area contributed by atoms with Crippen molar-refractivity contribution in [2.24, 2.45) is 11.3 Å². The quantitative estimate of drug-likeness (QED) is 0.278. The van der Waals surface area contributed by atoms with Crippen LogP contribution in [0.25, 0.3) is 0 Å². The standard InChI is InChI=1S/C28H41NO5S/c1-31-19-29-25(18-35-17-21-5-3-6-21)28(26(29)30,33-20-32-2)16-22-7-4-8-24(15-22)34-23-9-11-27(12-10-23)13-14-27/h4,7-8,15,21,23,25H,3,5-6,9-14,16-20H2,1-2H3/t25-,28+/m0/s1. The van der Waals surface area contributed by atoms with Crippen LogP contribution in [0, 0.1) is 11.3 Å². The van der Waals surface area contributed by atoms with Crippen molar-refractivity contribution in [1.29, 1.82) is 0 Å². The van der Waals surface area contributed by atoms with E-state index in [9.17, 15) is 4.79 Å². The molecule has 3 aliphatic carbocycles. The first-order valence-corrected chi connectivity index (χ1v) is 14.5. The lowest BCUT2D eigenvalue weighted by Gasteiger charge is -2.55. The molecule has 194 valence electrons. The first-order valence-electron chi connectivity index (χ1n) is 13.3. The second kappa shape index (κ2) is 11.0. The molecule has 4 fully saturated rings. The summed E-state index contributed by atoms with van der Waals surface area (Å²) < 4.78 is 23.2. The highest BCUT2D eigenvalue weighted by Gasteiger charge is 2.61. The van der Waals surface area contributed by atoms with Crippen molar-refractivity contribution in [3.63, 3.8) is 0 Å². The Balaban J connectivity index is 1.27. The maximum Gasteiger partial charge on any atom is 0.259 e. The largest absolute Gasteiger partial charge is 0.490 e. The van der Waals surface area contributed by atoms with E-state index < -0.39 is 5.60 Å². The zero-order valence-corrected chi connectivity index (χ0v) is 22.2. The van der Waals surface area contributed by atoms with Gasteiger partial charge in [-0.25, -0.2) is 0 Å². The Labute approximate surface area is 214 Å². The maximum absolute atomic E-state index is 13.5. The summed E-state index contributed by atoms with van der Waals surface area (Å²) in [5.41, 5.74) is 0.799. The highest BCUT2D eigenvalue weighted by molar-refractivity contribution is 7.99. The predicted molar refractivity (Wildman–Crippen MR) is 138 cm³/mol. The monoisotopic (exact) mass is 503 g/mol. The normalized spacial score (nSPS) is 28.1. The topological polar surface area (TPSA) is 57.2 Å². The van der Waals surface area contributed by atoms with Crippen LogP contribution in [0.15, 0.2) is 24.3 Å². The summed E-state index contributed by atoms with van der Waals surface area (Å²) >= 11 is 1.94. The van der Waals surface area contributed by atoms with Gasteiger partial charge in [0.25, 0.3) is 5.91 Å². The summed E-state index contributed by atoms with van der Waals surface area (Å²) in [6.45, 7) is 0.383. The van der Waals surface area contributed by atoms with Crippen LogP contribution in [0.2, 0.25) is 0 Å². The molecule has 1 aromatic rings. The number of ether oxygens (including phenoxy) is 4. The summed E-state index contributed by atoms with van der Waals surface area (Å²) in [5, 5.41) is 0. The maximum atomic E-state index is 13.5. The van der Waals surface area contributed by atoms with Crippen molar-refractivity contribution in [2.45, 2.75) is 82.0 Å². The van der Waals surface area contributed by atoms with Gasteiger partial charge in [0.2, 0.25) is 0 Å².